The number of aryl methyl sites for hydroxylation is 1. The van der Waals surface area contributed by atoms with Gasteiger partial charge < -0.3 is 11.1 Å². The largest absolute Gasteiger partial charge is 0.368 e. The molecule has 104 valence electrons. The van der Waals surface area contributed by atoms with Gasteiger partial charge in [-0.05, 0) is 49.2 Å². The fourth-order valence-corrected chi connectivity index (χ4v) is 2.49. The highest BCUT2D eigenvalue weighted by Gasteiger charge is 2.33. The van der Waals surface area contributed by atoms with Crippen LogP contribution in [0.3, 0.4) is 0 Å². The number of amides is 1. The average molecular weight is 333 g/mol. The molecule has 0 aliphatic rings. The number of hydrogen-bond acceptors (Lipinski definition) is 2. The van der Waals surface area contributed by atoms with Gasteiger partial charge in [0.1, 0.15) is 5.54 Å². The highest BCUT2D eigenvalue weighted by Crippen LogP contribution is 2.28. The number of anilines is 1. The van der Waals surface area contributed by atoms with Crippen LogP contribution in [0.1, 0.15) is 18.1 Å². The maximum Gasteiger partial charge on any atom is 0.247 e. The average Bonchev–Trinajstić information content (AvgIpc) is 2.38. The first-order valence-electron chi connectivity index (χ1n) is 6.32. The Balaban J connectivity index is 2.42. The number of nitrogens with two attached hydrogens (primary N) is 1. The van der Waals surface area contributed by atoms with E-state index in [4.69, 9.17) is 5.73 Å². The summed E-state index contributed by atoms with van der Waals surface area (Å²) in [6.07, 6.45) is 0. The molecule has 0 fully saturated rings. The van der Waals surface area contributed by atoms with Crippen molar-refractivity contribution in [2.24, 2.45) is 5.73 Å². The number of hydrogen-bond donors (Lipinski definition) is 2. The van der Waals surface area contributed by atoms with Gasteiger partial charge in [-0.15, -0.1) is 0 Å². The molecule has 0 saturated heterocycles. The molecule has 2 aromatic carbocycles. The number of nitrogens with one attached hydrogen (secondary N) is 1. The van der Waals surface area contributed by atoms with Crippen LogP contribution < -0.4 is 11.1 Å². The van der Waals surface area contributed by atoms with Crippen molar-refractivity contribution in [1.82, 2.24) is 0 Å². The Kier molecular flexibility index (Phi) is 4.14. The SMILES string of the molecule is Cc1cccc(NC(C)(C(N)=O)c2cccc(Br)c2)c1. The number of halogens is 1. The van der Waals surface area contributed by atoms with Gasteiger partial charge >= 0.3 is 0 Å². The second kappa shape index (κ2) is 5.67. The molecule has 0 aliphatic carbocycles. The van der Waals surface area contributed by atoms with E-state index in [-0.39, 0.29) is 0 Å². The molecular formula is C16H17BrN2O. The molecular weight excluding hydrogens is 316 g/mol. The fraction of sp³-hybridized carbons (Fsp3) is 0.188. The molecule has 0 bridgehead atoms. The Morgan fingerprint density at radius 2 is 1.90 bits per heavy atom. The molecule has 0 saturated carbocycles. The van der Waals surface area contributed by atoms with Gasteiger partial charge in [0.25, 0.3) is 0 Å². The fourth-order valence-electron chi connectivity index (χ4n) is 2.09. The van der Waals surface area contributed by atoms with E-state index in [9.17, 15) is 4.79 Å². The van der Waals surface area contributed by atoms with Gasteiger partial charge in [-0.25, -0.2) is 0 Å². The first-order valence-corrected chi connectivity index (χ1v) is 7.12. The van der Waals surface area contributed by atoms with Gasteiger partial charge in [-0.1, -0.05) is 40.2 Å². The van der Waals surface area contributed by atoms with Gasteiger partial charge in [-0.2, -0.15) is 0 Å². The topological polar surface area (TPSA) is 55.1 Å². The summed E-state index contributed by atoms with van der Waals surface area (Å²) in [6, 6.07) is 15.4. The Morgan fingerprint density at radius 1 is 1.20 bits per heavy atom. The van der Waals surface area contributed by atoms with Crippen LogP contribution in [0.4, 0.5) is 5.69 Å². The third-order valence-corrected chi connectivity index (χ3v) is 3.80. The van der Waals surface area contributed by atoms with E-state index in [0.717, 1.165) is 21.3 Å². The normalized spacial score (nSPS) is 13.6. The molecule has 3 nitrogen and oxygen atoms in total. The molecule has 0 heterocycles. The number of rotatable bonds is 4. The minimum absolute atomic E-state index is 0.419. The van der Waals surface area contributed by atoms with Gasteiger partial charge in [0.2, 0.25) is 5.91 Å². The first kappa shape index (κ1) is 14.6. The number of primary amides is 1. The highest BCUT2D eigenvalue weighted by molar-refractivity contribution is 9.10. The van der Waals surface area contributed by atoms with Crippen molar-refractivity contribution in [3.63, 3.8) is 0 Å². The van der Waals surface area contributed by atoms with E-state index in [1.165, 1.54) is 0 Å². The van der Waals surface area contributed by atoms with Crippen LogP contribution in [0.15, 0.2) is 53.0 Å². The lowest BCUT2D eigenvalue weighted by molar-refractivity contribution is -0.122. The summed E-state index contributed by atoms with van der Waals surface area (Å²) in [5.41, 5.74) is 7.47. The van der Waals surface area contributed by atoms with E-state index in [1.807, 2.05) is 55.5 Å². The summed E-state index contributed by atoms with van der Waals surface area (Å²) in [7, 11) is 0. The zero-order valence-corrected chi connectivity index (χ0v) is 13.1. The van der Waals surface area contributed by atoms with Crippen molar-refractivity contribution < 1.29 is 4.79 Å². The maximum atomic E-state index is 12.0. The summed E-state index contributed by atoms with van der Waals surface area (Å²) < 4.78 is 0.911. The maximum absolute atomic E-state index is 12.0. The van der Waals surface area contributed by atoms with E-state index >= 15 is 0 Å². The molecule has 20 heavy (non-hydrogen) atoms. The molecule has 2 rings (SSSR count). The van der Waals surface area contributed by atoms with E-state index in [2.05, 4.69) is 21.2 Å². The molecule has 3 N–H and O–H groups in total. The molecule has 0 aliphatic heterocycles. The quantitative estimate of drug-likeness (QED) is 0.899. The number of carbonyl (C=O) groups is 1. The Labute approximate surface area is 127 Å². The smallest absolute Gasteiger partial charge is 0.247 e. The van der Waals surface area contributed by atoms with Crippen molar-refractivity contribution in [2.75, 3.05) is 5.32 Å². The van der Waals surface area contributed by atoms with E-state index in [1.54, 1.807) is 6.92 Å². The minimum Gasteiger partial charge on any atom is -0.368 e. The Morgan fingerprint density at radius 3 is 2.50 bits per heavy atom. The molecule has 2 aromatic rings. The van der Waals surface area contributed by atoms with Crippen molar-refractivity contribution in [2.45, 2.75) is 19.4 Å². The molecule has 1 atom stereocenters. The van der Waals surface area contributed by atoms with Crippen molar-refractivity contribution in [3.8, 4) is 0 Å². The van der Waals surface area contributed by atoms with Crippen LogP contribution in [0.2, 0.25) is 0 Å². The lowest BCUT2D eigenvalue weighted by Gasteiger charge is -2.29. The van der Waals surface area contributed by atoms with Crippen LogP contribution in [-0.4, -0.2) is 5.91 Å². The van der Waals surface area contributed by atoms with Crippen LogP contribution >= 0.6 is 15.9 Å². The summed E-state index contributed by atoms with van der Waals surface area (Å²) in [5, 5.41) is 3.24. The molecule has 1 amide bonds. The summed E-state index contributed by atoms with van der Waals surface area (Å²) in [4.78, 5) is 12.0. The molecule has 4 heteroatoms. The predicted octanol–water partition coefficient (Wildman–Crippen LogP) is 3.57. The zero-order valence-electron chi connectivity index (χ0n) is 11.5. The van der Waals surface area contributed by atoms with Gasteiger partial charge in [-0.3, -0.25) is 4.79 Å². The van der Waals surface area contributed by atoms with Crippen LogP contribution in [0.5, 0.6) is 0 Å². The van der Waals surface area contributed by atoms with E-state index in [0.29, 0.717) is 0 Å². The summed E-state index contributed by atoms with van der Waals surface area (Å²) in [6.45, 7) is 3.80. The Hall–Kier alpha value is -1.81. The molecule has 0 aromatic heterocycles. The van der Waals surface area contributed by atoms with E-state index < -0.39 is 11.4 Å². The van der Waals surface area contributed by atoms with Crippen molar-refractivity contribution in [3.05, 3.63) is 64.1 Å². The lowest BCUT2D eigenvalue weighted by atomic mass is 9.90. The van der Waals surface area contributed by atoms with Gasteiger partial charge in [0, 0.05) is 10.2 Å². The third kappa shape index (κ3) is 3.02. The van der Waals surface area contributed by atoms with Crippen LogP contribution in [0.25, 0.3) is 0 Å². The monoisotopic (exact) mass is 332 g/mol. The number of carbonyl (C=O) groups excluding carboxylic acids is 1. The summed E-state index contributed by atoms with van der Waals surface area (Å²) >= 11 is 3.42. The van der Waals surface area contributed by atoms with Gasteiger partial charge in [0.15, 0.2) is 0 Å². The van der Waals surface area contributed by atoms with Crippen LogP contribution in [-0.2, 0) is 10.3 Å². The standard InChI is InChI=1S/C16H17BrN2O/c1-11-5-3-8-14(9-11)19-16(2,15(18)20)12-6-4-7-13(17)10-12/h3-10,19H,1-2H3,(H2,18,20). The zero-order chi connectivity index (χ0) is 14.8. The van der Waals surface area contributed by atoms with Crippen LogP contribution in [0, 0.1) is 6.92 Å². The second-order valence-corrected chi connectivity index (χ2v) is 5.91. The molecule has 0 spiro atoms. The third-order valence-electron chi connectivity index (χ3n) is 3.31. The van der Waals surface area contributed by atoms with Crippen molar-refractivity contribution >= 4 is 27.5 Å². The molecule has 0 radical (unpaired) electrons. The second-order valence-electron chi connectivity index (χ2n) is 4.99. The number of benzene rings is 2. The van der Waals surface area contributed by atoms with Gasteiger partial charge in [0.05, 0.1) is 0 Å². The lowest BCUT2D eigenvalue weighted by Crippen LogP contribution is -2.45. The summed E-state index contributed by atoms with van der Waals surface area (Å²) in [5.74, 6) is -0.419. The predicted molar refractivity (Wildman–Crippen MR) is 85.5 cm³/mol. The minimum atomic E-state index is -0.961. The molecule has 1 unspecified atom stereocenters. The highest BCUT2D eigenvalue weighted by atomic mass is 79.9. The van der Waals surface area contributed by atoms with Crippen molar-refractivity contribution in [1.29, 1.82) is 0 Å². The first-order chi connectivity index (χ1) is 9.41. The Bertz CT molecular complexity index is 642.